The number of aliphatic hydroxyl groups is 2. The molecule has 0 amide bonds. The third-order valence-electron chi connectivity index (χ3n) is 6.44. The largest absolute Gasteiger partial charge is 0.380 e. The SMILES string of the molecule is C=C(CC(O)(c1ccccc1)c1ccccc1)C(=C)CC(O)(c1ccccc1)c1ccccc1. The minimum atomic E-state index is -1.26. The van der Waals surface area contributed by atoms with Gasteiger partial charge in [-0.25, -0.2) is 0 Å². The molecule has 2 N–H and O–H groups in total. The molecule has 4 aromatic rings. The lowest BCUT2D eigenvalue weighted by Crippen LogP contribution is -2.30. The van der Waals surface area contributed by atoms with E-state index in [-0.39, 0.29) is 12.8 Å². The van der Waals surface area contributed by atoms with Crippen molar-refractivity contribution in [3.05, 3.63) is 168 Å². The molecule has 0 spiro atoms. The van der Waals surface area contributed by atoms with Crippen LogP contribution in [-0.2, 0) is 11.2 Å². The van der Waals surface area contributed by atoms with Crippen LogP contribution in [0.5, 0.6) is 0 Å². The summed E-state index contributed by atoms with van der Waals surface area (Å²) in [5, 5.41) is 23.9. The summed E-state index contributed by atoms with van der Waals surface area (Å²) in [5.74, 6) is 0. The van der Waals surface area contributed by atoms with Gasteiger partial charge in [0, 0.05) is 12.8 Å². The second-order valence-corrected chi connectivity index (χ2v) is 8.75. The Morgan fingerprint density at radius 2 is 0.647 bits per heavy atom. The molecule has 0 heterocycles. The highest BCUT2D eigenvalue weighted by molar-refractivity contribution is 5.44. The third kappa shape index (κ3) is 4.79. The first-order valence-corrected chi connectivity index (χ1v) is 11.5. The van der Waals surface area contributed by atoms with Crippen LogP contribution < -0.4 is 0 Å². The van der Waals surface area contributed by atoms with Gasteiger partial charge < -0.3 is 10.2 Å². The third-order valence-corrected chi connectivity index (χ3v) is 6.44. The Morgan fingerprint density at radius 1 is 0.441 bits per heavy atom. The van der Waals surface area contributed by atoms with Crippen LogP contribution in [0.1, 0.15) is 35.1 Å². The molecule has 0 fully saturated rings. The van der Waals surface area contributed by atoms with Crippen LogP contribution in [0.2, 0.25) is 0 Å². The normalized spacial score (nSPS) is 11.7. The molecule has 2 nitrogen and oxygen atoms in total. The molecule has 0 saturated heterocycles. The summed E-state index contributed by atoms with van der Waals surface area (Å²) in [6, 6.07) is 38.5. The van der Waals surface area contributed by atoms with Gasteiger partial charge in [-0.05, 0) is 33.4 Å². The quantitative estimate of drug-likeness (QED) is 0.279. The Hall–Kier alpha value is -3.72. The van der Waals surface area contributed by atoms with E-state index < -0.39 is 11.2 Å². The van der Waals surface area contributed by atoms with E-state index in [4.69, 9.17) is 0 Å². The summed E-state index contributed by atoms with van der Waals surface area (Å²) < 4.78 is 0. The fourth-order valence-corrected chi connectivity index (χ4v) is 4.46. The monoisotopic (exact) mass is 446 g/mol. The highest BCUT2D eigenvalue weighted by Gasteiger charge is 2.36. The summed E-state index contributed by atoms with van der Waals surface area (Å²) >= 11 is 0. The van der Waals surface area contributed by atoms with Gasteiger partial charge in [0.2, 0.25) is 0 Å². The van der Waals surface area contributed by atoms with Crippen molar-refractivity contribution in [1.29, 1.82) is 0 Å². The van der Waals surface area contributed by atoms with Crippen molar-refractivity contribution in [2.24, 2.45) is 0 Å². The van der Waals surface area contributed by atoms with Gasteiger partial charge in [0.05, 0.1) is 0 Å². The number of hydrogen-bond acceptors (Lipinski definition) is 2. The molecule has 4 aromatic carbocycles. The molecule has 0 unspecified atom stereocenters. The number of benzene rings is 4. The summed E-state index contributed by atoms with van der Waals surface area (Å²) in [6.45, 7) is 8.58. The average Bonchev–Trinajstić information content (AvgIpc) is 2.90. The smallest absolute Gasteiger partial charge is 0.119 e. The van der Waals surface area contributed by atoms with Crippen molar-refractivity contribution in [3.8, 4) is 0 Å². The fraction of sp³-hybridized carbons (Fsp3) is 0.125. The minimum absolute atomic E-state index is 0.263. The molecule has 2 heteroatoms. The minimum Gasteiger partial charge on any atom is -0.380 e. The van der Waals surface area contributed by atoms with Crippen LogP contribution >= 0.6 is 0 Å². The average molecular weight is 447 g/mol. The molecule has 4 rings (SSSR count). The lowest BCUT2D eigenvalue weighted by molar-refractivity contribution is 0.0744. The molecular weight excluding hydrogens is 416 g/mol. The molecule has 170 valence electrons. The van der Waals surface area contributed by atoms with Crippen molar-refractivity contribution >= 4 is 0 Å². The van der Waals surface area contributed by atoms with Gasteiger partial charge in [-0.15, -0.1) is 0 Å². The zero-order valence-corrected chi connectivity index (χ0v) is 19.3. The van der Waals surface area contributed by atoms with Crippen LogP contribution in [0.15, 0.2) is 146 Å². The molecule has 0 aliphatic carbocycles. The first kappa shape index (κ1) is 23.4. The van der Waals surface area contributed by atoms with Gasteiger partial charge in [-0.1, -0.05) is 134 Å². The summed E-state index contributed by atoms with van der Waals surface area (Å²) in [6.07, 6.45) is 0.527. The van der Waals surface area contributed by atoms with Crippen molar-refractivity contribution in [2.75, 3.05) is 0 Å². The lowest BCUT2D eigenvalue weighted by atomic mass is 9.76. The number of hydrogen-bond donors (Lipinski definition) is 2. The van der Waals surface area contributed by atoms with E-state index in [0.29, 0.717) is 11.1 Å². The predicted molar refractivity (Wildman–Crippen MR) is 139 cm³/mol. The summed E-state index contributed by atoms with van der Waals surface area (Å²) in [4.78, 5) is 0. The molecule has 0 saturated carbocycles. The van der Waals surface area contributed by atoms with E-state index in [0.717, 1.165) is 22.3 Å². The Balaban J connectivity index is 1.66. The van der Waals surface area contributed by atoms with Crippen molar-refractivity contribution in [3.63, 3.8) is 0 Å². The number of rotatable bonds is 9. The standard InChI is InChI=1S/C32H30O2/c1-25(23-31(33,27-15-7-3-8-16-27)28-17-9-4-10-18-28)26(2)24-32(34,29-19-11-5-12-20-29)30-21-13-6-14-22-30/h3-22,33-34H,1-2,23-24H2. The maximum absolute atomic E-state index is 11.9. The van der Waals surface area contributed by atoms with Crippen LogP contribution in [0.25, 0.3) is 0 Å². The van der Waals surface area contributed by atoms with Crippen molar-refractivity contribution in [2.45, 2.75) is 24.0 Å². The van der Waals surface area contributed by atoms with Gasteiger partial charge >= 0.3 is 0 Å². The van der Waals surface area contributed by atoms with Crippen molar-refractivity contribution in [1.82, 2.24) is 0 Å². The highest BCUT2D eigenvalue weighted by atomic mass is 16.3. The molecule has 0 aliphatic heterocycles. The molecule has 0 bridgehead atoms. The predicted octanol–water partition coefficient (Wildman–Crippen LogP) is 6.75. The van der Waals surface area contributed by atoms with Crippen molar-refractivity contribution < 1.29 is 10.2 Å². The van der Waals surface area contributed by atoms with Gasteiger partial charge in [0.25, 0.3) is 0 Å². The molecule has 0 radical (unpaired) electrons. The zero-order valence-electron chi connectivity index (χ0n) is 19.3. The maximum Gasteiger partial charge on any atom is 0.119 e. The fourth-order valence-electron chi connectivity index (χ4n) is 4.46. The Bertz CT molecular complexity index is 1050. The topological polar surface area (TPSA) is 40.5 Å². The molecule has 0 aliphatic rings. The second-order valence-electron chi connectivity index (χ2n) is 8.75. The van der Waals surface area contributed by atoms with Gasteiger partial charge in [-0.3, -0.25) is 0 Å². The van der Waals surface area contributed by atoms with Crippen LogP contribution in [0.4, 0.5) is 0 Å². The maximum atomic E-state index is 11.9. The molecular formula is C32H30O2. The van der Waals surface area contributed by atoms with Gasteiger partial charge in [0.15, 0.2) is 0 Å². The van der Waals surface area contributed by atoms with E-state index >= 15 is 0 Å². The second kappa shape index (κ2) is 10.0. The van der Waals surface area contributed by atoms with E-state index in [1.54, 1.807) is 0 Å². The zero-order chi connectivity index (χ0) is 24.0. The van der Waals surface area contributed by atoms with Crippen LogP contribution in [-0.4, -0.2) is 10.2 Å². The molecule has 34 heavy (non-hydrogen) atoms. The Labute approximate surface area is 202 Å². The Kier molecular flexibility index (Phi) is 6.93. The summed E-state index contributed by atoms with van der Waals surface area (Å²) in [5.41, 5.74) is 2.02. The highest BCUT2D eigenvalue weighted by Crippen LogP contribution is 2.41. The lowest BCUT2D eigenvalue weighted by Gasteiger charge is -2.34. The van der Waals surface area contributed by atoms with E-state index in [1.165, 1.54) is 0 Å². The van der Waals surface area contributed by atoms with Gasteiger partial charge in [0.1, 0.15) is 11.2 Å². The van der Waals surface area contributed by atoms with Crippen LogP contribution in [0.3, 0.4) is 0 Å². The summed E-state index contributed by atoms with van der Waals surface area (Å²) in [7, 11) is 0. The van der Waals surface area contributed by atoms with E-state index in [2.05, 4.69) is 13.2 Å². The Morgan fingerprint density at radius 3 is 0.853 bits per heavy atom. The van der Waals surface area contributed by atoms with Gasteiger partial charge in [-0.2, -0.15) is 0 Å². The van der Waals surface area contributed by atoms with Crippen LogP contribution in [0, 0.1) is 0 Å². The van der Waals surface area contributed by atoms with E-state index in [1.807, 2.05) is 121 Å². The van der Waals surface area contributed by atoms with E-state index in [9.17, 15) is 10.2 Å². The first-order chi connectivity index (χ1) is 16.4. The molecule has 0 atom stereocenters. The molecule has 0 aromatic heterocycles. The first-order valence-electron chi connectivity index (χ1n) is 11.5.